The topological polar surface area (TPSA) is 20.3 Å². The molecule has 2 nitrogen and oxygen atoms in total. The normalized spacial score (nSPS) is 35.8. The molecule has 2 fully saturated rings. The Labute approximate surface area is 110 Å². The molecule has 1 aliphatic carbocycles. The van der Waals surface area contributed by atoms with Gasteiger partial charge in [-0.25, -0.2) is 0 Å². The Morgan fingerprint density at radius 3 is 2.59 bits per heavy atom. The summed E-state index contributed by atoms with van der Waals surface area (Å²) in [7, 11) is 0. The van der Waals surface area contributed by atoms with E-state index in [1.54, 1.807) is 0 Å². The van der Waals surface area contributed by atoms with E-state index in [1.807, 2.05) is 0 Å². The van der Waals surface area contributed by atoms with Crippen molar-refractivity contribution in [2.45, 2.75) is 50.8 Å². The highest BCUT2D eigenvalue weighted by atomic mass is 35.5. The van der Waals surface area contributed by atoms with Crippen LogP contribution in [0.4, 0.5) is 0 Å². The summed E-state index contributed by atoms with van der Waals surface area (Å²) in [6.07, 6.45) is 6.64. The molecule has 1 saturated heterocycles. The number of hydrogen-bond acceptors (Lipinski definition) is 2. The van der Waals surface area contributed by atoms with Gasteiger partial charge in [-0.05, 0) is 51.0 Å². The van der Waals surface area contributed by atoms with E-state index in [2.05, 4.69) is 11.8 Å². The summed E-state index contributed by atoms with van der Waals surface area (Å²) in [5.41, 5.74) is 0. The third-order valence-electron chi connectivity index (χ3n) is 4.23. The van der Waals surface area contributed by atoms with Crippen LogP contribution in [0, 0.1) is 11.8 Å². The van der Waals surface area contributed by atoms with Gasteiger partial charge in [-0.2, -0.15) is 0 Å². The number of rotatable bonds is 3. The van der Waals surface area contributed by atoms with Gasteiger partial charge in [-0.15, -0.1) is 11.6 Å². The van der Waals surface area contributed by atoms with Crippen molar-refractivity contribution >= 4 is 17.4 Å². The van der Waals surface area contributed by atoms with Crippen LogP contribution in [0.15, 0.2) is 0 Å². The van der Waals surface area contributed by atoms with E-state index in [4.69, 9.17) is 11.6 Å². The molecule has 98 valence electrons. The lowest BCUT2D eigenvalue weighted by atomic mass is 9.85. The van der Waals surface area contributed by atoms with E-state index in [0.29, 0.717) is 23.6 Å². The molecule has 2 rings (SSSR count). The fourth-order valence-electron chi connectivity index (χ4n) is 3.15. The van der Waals surface area contributed by atoms with Crippen molar-refractivity contribution in [2.75, 3.05) is 19.6 Å². The van der Waals surface area contributed by atoms with Gasteiger partial charge in [0.1, 0.15) is 5.78 Å². The Kier molecular flexibility index (Phi) is 4.87. The predicted octanol–water partition coefficient (Wildman–Crippen LogP) is 3.09. The molecule has 0 aromatic carbocycles. The number of piperidine rings is 1. The number of ketones is 1. The molecule has 1 atom stereocenters. The van der Waals surface area contributed by atoms with Crippen LogP contribution in [0.25, 0.3) is 0 Å². The maximum absolute atomic E-state index is 12.2. The first-order valence-electron chi connectivity index (χ1n) is 7.04. The third-order valence-corrected chi connectivity index (χ3v) is 4.67. The fraction of sp³-hybridized carbons (Fsp3) is 0.929. The van der Waals surface area contributed by atoms with E-state index in [-0.39, 0.29) is 0 Å². The van der Waals surface area contributed by atoms with Crippen LogP contribution in [0.5, 0.6) is 0 Å². The lowest BCUT2D eigenvalue weighted by Gasteiger charge is -2.32. The van der Waals surface area contributed by atoms with Crippen LogP contribution in [0.3, 0.4) is 0 Å². The number of likely N-dealkylation sites (tertiary alicyclic amines) is 1. The van der Waals surface area contributed by atoms with E-state index in [1.165, 1.54) is 12.8 Å². The number of carbonyl (C=O) groups excluding carboxylic acids is 1. The molecular weight excluding hydrogens is 234 g/mol. The van der Waals surface area contributed by atoms with Gasteiger partial charge in [0.05, 0.1) is 6.54 Å². The molecule has 3 heteroatoms. The largest absolute Gasteiger partial charge is 0.298 e. The van der Waals surface area contributed by atoms with Gasteiger partial charge in [-0.1, -0.05) is 6.92 Å². The van der Waals surface area contributed by atoms with Crippen molar-refractivity contribution in [3.05, 3.63) is 0 Å². The fourth-order valence-corrected chi connectivity index (χ4v) is 3.41. The second-order valence-corrected chi connectivity index (χ2v) is 6.51. The van der Waals surface area contributed by atoms with Crippen molar-refractivity contribution in [3.8, 4) is 0 Å². The van der Waals surface area contributed by atoms with Crippen LogP contribution in [0.2, 0.25) is 0 Å². The summed E-state index contributed by atoms with van der Waals surface area (Å²) in [5, 5.41) is 0.314. The Morgan fingerprint density at radius 2 is 1.94 bits per heavy atom. The average molecular weight is 258 g/mol. The summed E-state index contributed by atoms with van der Waals surface area (Å²) in [5.74, 6) is 1.51. The minimum absolute atomic E-state index is 0.294. The number of Topliss-reactive ketones (excluding diaryl/α,β-unsaturated/α-hetero) is 1. The van der Waals surface area contributed by atoms with E-state index < -0.39 is 0 Å². The lowest BCUT2D eigenvalue weighted by molar-refractivity contribution is -0.125. The zero-order valence-electron chi connectivity index (χ0n) is 10.8. The van der Waals surface area contributed by atoms with Gasteiger partial charge in [0.25, 0.3) is 0 Å². The van der Waals surface area contributed by atoms with Gasteiger partial charge in [0.15, 0.2) is 0 Å². The van der Waals surface area contributed by atoms with Crippen LogP contribution >= 0.6 is 11.6 Å². The Hall–Kier alpha value is -0.0800. The molecule has 0 aromatic rings. The standard InChI is InChI=1S/C14H24ClNO/c1-11-3-2-8-16(9-11)10-14(17)12-4-6-13(15)7-5-12/h11-13H,2-10H2,1H3. The molecule has 1 heterocycles. The molecule has 1 saturated carbocycles. The van der Waals surface area contributed by atoms with Crippen molar-refractivity contribution in [1.29, 1.82) is 0 Å². The van der Waals surface area contributed by atoms with Crippen LogP contribution < -0.4 is 0 Å². The molecule has 2 aliphatic rings. The van der Waals surface area contributed by atoms with Gasteiger partial charge in [0, 0.05) is 17.8 Å². The van der Waals surface area contributed by atoms with Crippen molar-refractivity contribution < 1.29 is 4.79 Å². The summed E-state index contributed by atoms with van der Waals surface area (Å²) >= 11 is 6.08. The molecular formula is C14H24ClNO. The van der Waals surface area contributed by atoms with Gasteiger partial charge in [-0.3, -0.25) is 9.69 Å². The van der Waals surface area contributed by atoms with Crippen molar-refractivity contribution in [3.63, 3.8) is 0 Å². The van der Waals surface area contributed by atoms with Gasteiger partial charge < -0.3 is 0 Å². The average Bonchev–Trinajstić information content (AvgIpc) is 2.29. The first-order chi connectivity index (χ1) is 8.15. The SMILES string of the molecule is CC1CCCN(CC(=O)C2CCC(Cl)CC2)C1. The second kappa shape index (κ2) is 6.19. The van der Waals surface area contributed by atoms with Crippen LogP contribution in [-0.4, -0.2) is 35.7 Å². The molecule has 0 radical (unpaired) electrons. The number of nitrogens with zero attached hydrogens (tertiary/aromatic N) is 1. The van der Waals surface area contributed by atoms with E-state index in [9.17, 15) is 4.79 Å². The van der Waals surface area contributed by atoms with Crippen molar-refractivity contribution in [1.82, 2.24) is 4.90 Å². The first-order valence-corrected chi connectivity index (χ1v) is 7.48. The van der Waals surface area contributed by atoms with Crippen LogP contribution in [0.1, 0.15) is 45.4 Å². The third kappa shape index (κ3) is 3.96. The molecule has 0 bridgehead atoms. The molecule has 1 unspecified atom stereocenters. The summed E-state index contributed by atoms with van der Waals surface area (Å²) in [6, 6.07) is 0. The smallest absolute Gasteiger partial charge is 0.149 e. The van der Waals surface area contributed by atoms with E-state index in [0.717, 1.165) is 44.7 Å². The Balaban J connectivity index is 1.76. The molecule has 0 spiro atoms. The zero-order chi connectivity index (χ0) is 12.3. The molecule has 1 aliphatic heterocycles. The number of halogens is 1. The van der Waals surface area contributed by atoms with Crippen LogP contribution in [-0.2, 0) is 4.79 Å². The zero-order valence-corrected chi connectivity index (χ0v) is 11.6. The summed E-state index contributed by atoms with van der Waals surface area (Å²) < 4.78 is 0. The summed E-state index contributed by atoms with van der Waals surface area (Å²) in [6.45, 7) is 5.19. The minimum atomic E-state index is 0.294. The summed E-state index contributed by atoms with van der Waals surface area (Å²) in [4.78, 5) is 14.5. The molecule has 0 aromatic heterocycles. The number of alkyl halides is 1. The quantitative estimate of drug-likeness (QED) is 0.725. The number of hydrogen-bond donors (Lipinski definition) is 0. The second-order valence-electron chi connectivity index (χ2n) is 5.90. The maximum atomic E-state index is 12.2. The van der Waals surface area contributed by atoms with E-state index >= 15 is 0 Å². The molecule has 17 heavy (non-hydrogen) atoms. The minimum Gasteiger partial charge on any atom is -0.298 e. The monoisotopic (exact) mass is 257 g/mol. The highest BCUT2D eigenvalue weighted by Gasteiger charge is 2.27. The Morgan fingerprint density at radius 1 is 1.24 bits per heavy atom. The number of carbonyl (C=O) groups is 1. The van der Waals surface area contributed by atoms with Gasteiger partial charge in [0.2, 0.25) is 0 Å². The maximum Gasteiger partial charge on any atom is 0.149 e. The Bertz CT molecular complexity index is 261. The highest BCUT2D eigenvalue weighted by molar-refractivity contribution is 6.20. The molecule has 0 amide bonds. The predicted molar refractivity (Wildman–Crippen MR) is 71.4 cm³/mol. The highest BCUT2D eigenvalue weighted by Crippen LogP contribution is 2.28. The molecule has 0 N–H and O–H groups in total. The first kappa shape index (κ1) is 13.4. The van der Waals surface area contributed by atoms with Gasteiger partial charge >= 0.3 is 0 Å². The lowest BCUT2D eigenvalue weighted by Crippen LogP contribution is -2.40. The van der Waals surface area contributed by atoms with Crippen molar-refractivity contribution in [2.24, 2.45) is 11.8 Å².